The molecule has 2 nitrogen and oxygen atoms in total. The fourth-order valence-corrected chi connectivity index (χ4v) is 0.761. The van der Waals surface area contributed by atoms with Crippen molar-refractivity contribution in [2.75, 3.05) is 0 Å². The van der Waals surface area contributed by atoms with Crippen LogP contribution >= 0.6 is 11.6 Å². The highest BCUT2D eigenvalue weighted by atomic mass is 35.5. The van der Waals surface area contributed by atoms with E-state index >= 15 is 0 Å². The third-order valence-electron chi connectivity index (χ3n) is 1.16. The molecule has 3 N–H and O–H groups in total. The Bertz CT molecular complexity index is 172. The van der Waals surface area contributed by atoms with Crippen LogP contribution in [0.1, 0.15) is 6.42 Å². The van der Waals surface area contributed by atoms with Crippen molar-refractivity contribution >= 4 is 11.6 Å². The van der Waals surface area contributed by atoms with Gasteiger partial charge in [-0.05, 0) is 12.2 Å². The Morgan fingerprint density at radius 2 is 2.44 bits per heavy atom. The van der Waals surface area contributed by atoms with Gasteiger partial charge in [-0.1, -0.05) is 17.7 Å². The van der Waals surface area contributed by atoms with Crippen molar-refractivity contribution in [2.45, 2.75) is 12.1 Å². The predicted molar refractivity (Wildman–Crippen MR) is 36.8 cm³/mol. The molecule has 50 valence electrons. The third kappa shape index (κ3) is 1.82. The van der Waals surface area contributed by atoms with Gasteiger partial charge < -0.3 is 10.8 Å². The van der Waals surface area contributed by atoms with E-state index in [2.05, 4.69) is 0 Å². The fourth-order valence-electron chi connectivity index (χ4n) is 0.621. The highest BCUT2D eigenvalue weighted by Gasteiger charge is 2.17. The van der Waals surface area contributed by atoms with Gasteiger partial charge in [0.15, 0.2) is 0 Å². The van der Waals surface area contributed by atoms with Gasteiger partial charge in [-0.2, -0.15) is 0 Å². The molecule has 0 amide bonds. The Kier molecular flexibility index (Phi) is 1.62. The average Bonchev–Trinajstić information content (AvgIpc) is 1.78. The number of aliphatic hydroxyl groups is 1. The summed E-state index contributed by atoms with van der Waals surface area (Å²) in [7, 11) is 0. The minimum absolute atomic E-state index is 0.391. The van der Waals surface area contributed by atoms with Gasteiger partial charge >= 0.3 is 0 Å². The van der Waals surface area contributed by atoms with Gasteiger partial charge in [-0.25, -0.2) is 0 Å². The van der Waals surface area contributed by atoms with Crippen LogP contribution in [0.25, 0.3) is 0 Å². The summed E-state index contributed by atoms with van der Waals surface area (Å²) < 4.78 is 0. The molecule has 9 heavy (non-hydrogen) atoms. The normalized spacial score (nSPS) is 34.3. The van der Waals surface area contributed by atoms with Crippen LogP contribution in [0.5, 0.6) is 0 Å². The molecule has 1 aliphatic rings. The van der Waals surface area contributed by atoms with Crippen LogP contribution in [-0.2, 0) is 0 Å². The standard InChI is InChI=1S/C6H8ClNO/c7-5-1-3-6(8,9)4-2-5/h1-3,9H,4,8H2. The third-order valence-corrected chi connectivity index (χ3v) is 1.44. The van der Waals surface area contributed by atoms with E-state index in [9.17, 15) is 0 Å². The molecule has 0 bridgehead atoms. The molecule has 0 aromatic heterocycles. The molecular formula is C6H8ClNO. The van der Waals surface area contributed by atoms with Gasteiger partial charge in [-0.3, -0.25) is 0 Å². The van der Waals surface area contributed by atoms with Crippen LogP contribution in [0.3, 0.4) is 0 Å². The van der Waals surface area contributed by atoms with Crippen molar-refractivity contribution < 1.29 is 5.11 Å². The van der Waals surface area contributed by atoms with Crippen molar-refractivity contribution in [3.63, 3.8) is 0 Å². The monoisotopic (exact) mass is 145 g/mol. The Labute approximate surface area is 58.6 Å². The molecule has 1 atom stereocenters. The van der Waals surface area contributed by atoms with Crippen LogP contribution in [0.15, 0.2) is 23.3 Å². The number of allylic oxidation sites excluding steroid dienone is 2. The molecule has 0 spiro atoms. The average molecular weight is 146 g/mol. The van der Waals surface area contributed by atoms with Crippen molar-refractivity contribution in [1.82, 2.24) is 0 Å². The zero-order chi connectivity index (χ0) is 6.91. The Hall–Kier alpha value is -0.310. The molecule has 1 unspecified atom stereocenters. The second kappa shape index (κ2) is 2.14. The van der Waals surface area contributed by atoms with E-state index in [1.165, 1.54) is 6.08 Å². The summed E-state index contributed by atoms with van der Waals surface area (Å²) >= 11 is 5.55. The summed E-state index contributed by atoms with van der Waals surface area (Å²) in [6.45, 7) is 0. The molecule has 0 radical (unpaired) electrons. The number of halogens is 1. The largest absolute Gasteiger partial charge is 0.372 e. The van der Waals surface area contributed by atoms with Crippen LogP contribution in [0.2, 0.25) is 0 Å². The number of hydrogen-bond acceptors (Lipinski definition) is 2. The SMILES string of the molecule is NC1(O)C=CC(Cl)=CC1. The summed E-state index contributed by atoms with van der Waals surface area (Å²) in [5.41, 5.74) is 4.12. The van der Waals surface area contributed by atoms with E-state index in [0.29, 0.717) is 11.5 Å². The zero-order valence-electron chi connectivity index (χ0n) is 4.84. The molecule has 0 fully saturated rings. The van der Waals surface area contributed by atoms with E-state index in [1.54, 1.807) is 12.2 Å². The maximum Gasteiger partial charge on any atom is 0.136 e. The summed E-state index contributed by atoms with van der Waals surface area (Å²) in [6.07, 6.45) is 5.14. The number of nitrogens with two attached hydrogens (primary N) is 1. The van der Waals surface area contributed by atoms with Crippen molar-refractivity contribution in [1.29, 1.82) is 0 Å². The second-order valence-corrected chi connectivity index (χ2v) is 2.55. The highest BCUT2D eigenvalue weighted by molar-refractivity contribution is 6.31. The topological polar surface area (TPSA) is 46.2 Å². The van der Waals surface area contributed by atoms with E-state index in [0.717, 1.165) is 0 Å². The number of hydrogen-bond donors (Lipinski definition) is 2. The van der Waals surface area contributed by atoms with E-state index in [1.807, 2.05) is 0 Å². The summed E-state index contributed by atoms with van der Waals surface area (Å²) in [6, 6.07) is 0. The Morgan fingerprint density at radius 3 is 2.78 bits per heavy atom. The maximum absolute atomic E-state index is 9.08. The first-order valence-electron chi connectivity index (χ1n) is 2.66. The first kappa shape index (κ1) is 6.81. The van der Waals surface area contributed by atoms with Crippen LogP contribution in [0, 0.1) is 0 Å². The minimum atomic E-state index is -1.18. The van der Waals surface area contributed by atoms with Gasteiger partial charge in [0.2, 0.25) is 0 Å². The summed E-state index contributed by atoms with van der Waals surface area (Å²) in [4.78, 5) is 0. The lowest BCUT2D eigenvalue weighted by molar-refractivity contribution is 0.100. The molecule has 1 rings (SSSR count). The predicted octanol–water partition coefficient (Wildman–Crippen LogP) is 0.716. The van der Waals surface area contributed by atoms with Crippen molar-refractivity contribution in [3.05, 3.63) is 23.3 Å². The Morgan fingerprint density at radius 1 is 1.78 bits per heavy atom. The number of rotatable bonds is 0. The smallest absolute Gasteiger partial charge is 0.136 e. The molecular weight excluding hydrogens is 138 g/mol. The second-order valence-electron chi connectivity index (χ2n) is 2.12. The lowest BCUT2D eigenvalue weighted by atomic mass is 10.1. The van der Waals surface area contributed by atoms with Crippen molar-refractivity contribution in [2.24, 2.45) is 5.73 Å². The van der Waals surface area contributed by atoms with Gasteiger partial charge in [-0.15, -0.1) is 0 Å². The molecule has 3 heteroatoms. The van der Waals surface area contributed by atoms with Crippen LogP contribution in [0.4, 0.5) is 0 Å². The lowest BCUT2D eigenvalue weighted by Gasteiger charge is -2.19. The molecule has 1 aliphatic carbocycles. The first-order chi connectivity index (χ1) is 4.10. The van der Waals surface area contributed by atoms with Crippen LogP contribution in [-0.4, -0.2) is 10.8 Å². The summed E-state index contributed by atoms with van der Waals surface area (Å²) in [5.74, 6) is 0. The Balaban J connectivity index is 2.70. The van der Waals surface area contributed by atoms with E-state index in [4.69, 9.17) is 22.4 Å². The highest BCUT2D eigenvalue weighted by Crippen LogP contribution is 2.17. The molecule has 0 aromatic rings. The fraction of sp³-hybridized carbons (Fsp3) is 0.333. The van der Waals surface area contributed by atoms with Crippen LogP contribution < -0.4 is 5.73 Å². The molecule has 0 aliphatic heterocycles. The quantitative estimate of drug-likeness (QED) is 0.494. The summed E-state index contributed by atoms with van der Waals surface area (Å²) in [5, 5.41) is 9.71. The minimum Gasteiger partial charge on any atom is -0.372 e. The van der Waals surface area contributed by atoms with Gasteiger partial charge in [0.25, 0.3) is 0 Å². The molecule has 0 aromatic carbocycles. The van der Waals surface area contributed by atoms with Gasteiger partial charge in [0.1, 0.15) is 5.72 Å². The van der Waals surface area contributed by atoms with E-state index < -0.39 is 5.72 Å². The maximum atomic E-state index is 9.08. The van der Waals surface area contributed by atoms with E-state index in [-0.39, 0.29) is 0 Å². The van der Waals surface area contributed by atoms with Crippen molar-refractivity contribution in [3.8, 4) is 0 Å². The molecule has 0 saturated heterocycles. The molecule has 0 heterocycles. The molecule has 0 saturated carbocycles. The zero-order valence-corrected chi connectivity index (χ0v) is 5.60. The van der Waals surface area contributed by atoms with Gasteiger partial charge in [0, 0.05) is 11.5 Å². The lowest BCUT2D eigenvalue weighted by Crippen LogP contribution is -2.37. The van der Waals surface area contributed by atoms with Gasteiger partial charge in [0.05, 0.1) is 0 Å². The first-order valence-corrected chi connectivity index (χ1v) is 3.04.